The average Bonchev–Trinajstić information content (AvgIpc) is 2.92. The summed E-state index contributed by atoms with van der Waals surface area (Å²) in [4.78, 5) is 12.4. The number of carbonyl (C=O) groups excluding carboxylic acids is 1. The van der Waals surface area contributed by atoms with Gasteiger partial charge in [-0.05, 0) is 48.8 Å². The van der Waals surface area contributed by atoms with E-state index in [0.717, 1.165) is 12.1 Å². The van der Waals surface area contributed by atoms with Crippen molar-refractivity contribution >= 4 is 11.6 Å². The molecule has 3 heteroatoms. The van der Waals surface area contributed by atoms with Gasteiger partial charge < -0.3 is 10.6 Å². The highest BCUT2D eigenvalue weighted by molar-refractivity contribution is 5.95. The molecular formula is C18H26N2O. The first-order valence-corrected chi connectivity index (χ1v) is 8.30. The number of fused-ring (bicyclic) bond motifs is 1. The lowest BCUT2D eigenvalue weighted by Crippen LogP contribution is -2.39. The van der Waals surface area contributed by atoms with E-state index >= 15 is 0 Å². The van der Waals surface area contributed by atoms with Gasteiger partial charge in [-0.2, -0.15) is 0 Å². The summed E-state index contributed by atoms with van der Waals surface area (Å²) in [6, 6.07) is 8.77. The molecule has 2 aliphatic rings. The van der Waals surface area contributed by atoms with Crippen LogP contribution in [0.1, 0.15) is 57.4 Å². The Morgan fingerprint density at radius 2 is 1.90 bits per heavy atom. The van der Waals surface area contributed by atoms with Gasteiger partial charge >= 0.3 is 0 Å². The van der Waals surface area contributed by atoms with E-state index in [0.29, 0.717) is 17.9 Å². The highest BCUT2D eigenvalue weighted by Crippen LogP contribution is 2.33. The zero-order chi connectivity index (χ0) is 14.8. The largest absolute Gasteiger partial charge is 0.325 e. The lowest BCUT2D eigenvalue weighted by molar-refractivity contribution is -0.117. The van der Waals surface area contributed by atoms with Crippen LogP contribution in [-0.2, 0) is 4.79 Å². The molecule has 1 aliphatic carbocycles. The van der Waals surface area contributed by atoms with Crippen LogP contribution >= 0.6 is 0 Å². The van der Waals surface area contributed by atoms with Crippen LogP contribution in [0.2, 0.25) is 0 Å². The van der Waals surface area contributed by atoms with Crippen LogP contribution < -0.4 is 10.6 Å². The predicted octanol–water partition coefficient (Wildman–Crippen LogP) is 3.67. The van der Waals surface area contributed by atoms with Gasteiger partial charge in [0.15, 0.2) is 0 Å². The number of carbonyl (C=O) groups is 1. The quantitative estimate of drug-likeness (QED) is 0.890. The highest BCUT2D eigenvalue weighted by atomic mass is 16.2. The molecule has 3 unspecified atom stereocenters. The van der Waals surface area contributed by atoms with Crippen LogP contribution in [0.5, 0.6) is 0 Å². The summed E-state index contributed by atoms with van der Waals surface area (Å²) >= 11 is 0. The van der Waals surface area contributed by atoms with Crippen LogP contribution in [0, 0.1) is 5.92 Å². The van der Waals surface area contributed by atoms with Crippen molar-refractivity contribution in [2.45, 2.75) is 64.0 Å². The van der Waals surface area contributed by atoms with E-state index in [1.165, 1.54) is 31.2 Å². The molecule has 3 atom stereocenters. The molecule has 0 spiro atoms. The van der Waals surface area contributed by atoms with Crippen LogP contribution in [0.15, 0.2) is 24.3 Å². The Kier molecular flexibility index (Phi) is 4.29. The second-order valence-electron chi connectivity index (χ2n) is 6.87. The monoisotopic (exact) mass is 286 g/mol. The maximum Gasteiger partial charge on any atom is 0.241 e. The van der Waals surface area contributed by atoms with Gasteiger partial charge in [0.05, 0.1) is 6.04 Å². The Labute approximate surface area is 127 Å². The Morgan fingerprint density at radius 1 is 1.19 bits per heavy atom. The SMILES string of the molecule is CC(C)c1ccc(NC(=O)C2CC3CCCCC3N2)cc1. The first-order valence-electron chi connectivity index (χ1n) is 8.30. The molecule has 1 aromatic rings. The smallest absolute Gasteiger partial charge is 0.241 e. The molecule has 1 aliphatic heterocycles. The number of amides is 1. The number of benzene rings is 1. The summed E-state index contributed by atoms with van der Waals surface area (Å²) in [5.74, 6) is 1.36. The van der Waals surface area contributed by atoms with E-state index in [1.807, 2.05) is 12.1 Å². The van der Waals surface area contributed by atoms with Gasteiger partial charge in [-0.15, -0.1) is 0 Å². The Bertz CT molecular complexity index is 480. The molecule has 2 fully saturated rings. The van der Waals surface area contributed by atoms with Crippen molar-refractivity contribution in [3.05, 3.63) is 29.8 Å². The molecule has 2 N–H and O–H groups in total. The van der Waals surface area contributed by atoms with Gasteiger partial charge in [0.1, 0.15) is 0 Å². The lowest BCUT2D eigenvalue weighted by Gasteiger charge is -2.24. The van der Waals surface area contributed by atoms with Gasteiger partial charge in [-0.25, -0.2) is 0 Å². The fraction of sp³-hybridized carbons (Fsp3) is 0.611. The highest BCUT2D eigenvalue weighted by Gasteiger charge is 2.38. The first-order chi connectivity index (χ1) is 10.1. The molecular weight excluding hydrogens is 260 g/mol. The number of hydrogen-bond acceptors (Lipinski definition) is 2. The molecule has 0 bridgehead atoms. The van der Waals surface area contributed by atoms with Crippen LogP contribution in [-0.4, -0.2) is 18.0 Å². The maximum atomic E-state index is 12.4. The van der Waals surface area contributed by atoms with Gasteiger partial charge in [0.2, 0.25) is 5.91 Å². The van der Waals surface area contributed by atoms with E-state index in [1.54, 1.807) is 0 Å². The lowest BCUT2D eigenvalue weighted by atomic mass is 9.85. The third kappa shape index (κ3) is 3.29. The first kappa shape index (κ1) is 14.6. The zero-order valence-corrected chi connectivity index (χ0v) is 13.1. The van der Waals surface area contributed by atoms with E-state index in [-0.39, 0.29) is 11.9 Å². The van der Waals surface area contributed by atoms with Crippen molar-refractivity contribution < 1.29 is 4.79 Å². The van der Waals surface area contributed by atoms with Crippen molar-refractivity contribution in [1.82, 2.24) is 5.32 Å². The fourth-order valence-electron chi connectivity index (χ4n) is 3.70. The topological polar surface area (TPSA) is 41.1 Å². The number of nitrogens with one attached hydrogen (secondary N) is 2. The van der Waals surface area contributed by atoms with Crippen molar-refractivity contribution in [1.29, 1.82) is 0 Å². The molecule has 21 heavy (non-hydrogen) atoms. The summed E-state index contributed by atoms with van der Waals surface area (Å²) in [7, 11) is 0. The van der Waals surface area contributed by atoms with Crippen LogP contribution in [0.3, 0.4) is 0 Å². The number of rotatable bonds is 3. The molecule has 3 rings (SSSR count). The van der Waals surface area contributed by atoms with Gasteiger partial charge in [-0.3, -0.25) is 4.79 Å². The molecule has 1 saturated carbocycles. The molecule has 1 aromatic carbocycles. The van der Waals surface area contributed by atoms with Gasteiger partial charge in [-0.1, -0.05) is 38.8 Å². The van der Waals surface area contributed by atoms with E-state index < -0.39 is 0 Å². The average molecular weight is 286 g/mol. The second kappa shape index (κ2) is 6.18. The van der Waals surface area contributed by atoms with Crippen LogP contribution in [0.25, 0.3) is 0 Å². The zero-order valence-electron chi connectivity index (χ0n) is 13.1. The summed E-state index contributed by atoms with van der Waals surface area (Å²) < 4.78 is 0. The molecule has 114 valence electrons. The van der Waals surface area contributed by atoms with E-state index in [9.17, 15) is 4.79 Å². The number of hydrogen-bond donors (Lipinski definition) is 2. The molecule has 1 saturated heterocycles. The maximum absolute atomic E-state index is 12.4. The number of anilines is 1. The van der Waals surface area contributed by atoms with Crippen molar-refractivity contribution in [3.63, 3.8) is 0 Å². The summed E-state index contributed by atoms with van der Waals surface area (Å²) in [5.41, 5.74) is 2.21. The minimum Gasteiger partial charge on any atom is -0.325 e. The molecule has 1 amide bonds. The van der Waals surface area contributed by atoms with E-state index in [2.05, 4.69) is 36.6 Å². The third-order valence-electron chi connectivity index (χ3n) is 5.02. The standard InChI is InChI=1S/C18H26N2O/c1-12(2)13-7-9-15(10-8-13)19-18(21)17-11-14-5-3-4-6-16(14)20-17/h7-10,12,14,16-17,20H,3-6,11H2,1-2H3,(H,19,21). The van der Waals surface area contributed by atoms with Gasteiger partial charge in [0, 0.05) is 11.7 Å². The summed E-state index contributed by atoms with van der Waals surface area (Å²) in [6.45, 7) is 4.36. The van der Waals surface area contributed by atoms with Gasteiger partial charge in [0.25, 0.3) is 0 Å². The molecule has 0 radical (unpaired) electrons. The van der Waals surface area contributed by atoms with Crippen molar-refractivity contribution in [2.75, 3.05) is 5.32 Å². The summed E-state index contributed by atoms with van der Waals surface area (Å²) in [5, 5.41) is 6.59. The Hall–Kier alpha value is -1.35. The van der Waals surface area contributed by atoms with Crippen LogP contribution in [0.4, 0.5) is 5.69 Å². The second-order valence-corrected chi connectivity index (χ2v) is 6.87. The Balaban J connectivity index is 1.59. The van der Waals surface area contributed by atoms with E-state index in [4.69, 9.17) is 0 Å². The summed E-state index contributed by atoms with van der Waals surface area (Å²) in [6.07, 6.45) is 6.15. The molecule has 0 aromatic heterocycles. The third-order valence-corrected chi connectivity index (χ3v) is 5.02. The predicted molar refractivity (Wildman–Crippen MR) is 86.4 cm³/mol. The fourth-order valence-corrected chi connectivity index (χ4v) is 3.70. The minimum absolute atomic E-state index is 0.0112. The normalized spacial score (nSPS) is 28.4. The van der Waals surface area contributed by atoms with Crippen molar-refractivity contribution in [3.8, 4) is 0 Å². The molecule has 1 heterocycles. The molecule has 3 nitrogen and oxygen atoms in total. The Morgan fingerprint density at radius 3 is 2.57 bits per heavy atom. The minimum atomic E-state index is -0.0112. The van der Waals surface area contributed by atoms with Crippen molar-refractivity contribution in [2.24, 2.45) is 5.92 Å².